The first-order chi connectivity index (χ1) is 9.38. The van der Waals surface area contributed by atoms with Gasteiger partial charge in [-0.2, -0.15) is 0 Å². The van der Waals surface area contributed by atoms with Gasteiger partial charge >= 0.3 is 0 Å². The standard InChI is InChI=1S/C16H19N3/c17-11-15-14(6-3-9-18-15)12-19-10-4-7-13-5-1-2-8-16(13)19/h1-3,5-6,8-9H,4,7,10-12,17H2. The molecular formula is C16H19N3. The average Bonchev–Trinajstić information content (AvgIpc) is 2.48. The van der Waals surface area contributed by atoms with E-state index in [1.54, 1.807) is 0 Å². The number of pyridine rings is 1. The largest absolute Gasteiger partial charge is 0.367 e. The molecule has 0 amide bonds. The Kier molecular flexibility index (Phi) is 3.47. The molecule has 2 heterocycles. The minimum absolute atomic E-state index is 0.506. The molecule has 0 radical (unpaired) electrons. The number of hydrogen-bond acceptors (Lipinski definition) is 3. The fourth-order valence-electron chi connectivity index (χ4n) is 2.78. The molecule has 0 saturated heterocycles. The average molecular weight is 253 g/mol. The molecule has 0 atom stereocenters. The van der Waals surface area contributed by atoms with E-state index in [2.05, 4.69) is 40.2 Å². The zero-order chi connectivity index (χ0) is 13.1. The van der Waals surface area contributed by atoms with Crippen molar-refractivity contribution >= 4 is 5.69 Å². The summed E-state index contributed by atoms with van der Waals surface area (Å²) >= 11 is 0. The number of fused-ring (bicyclic) bond motifs is 1. The van der Waals surface area contributed by atoms with Crippen molar-refractivity contribution in [1.82, 2.24) is 4.98 Å². The summed E-state index contributed by atoms with van der Waals surface area (Å²) in [6, 6.07) is 12.8. The zero-order valence-electron chi connectivity index (χ0n) is 11.0. The summed E-state index contributed by atoms with van der Waals surface area (Å²) in [5, 5.41) is 0. The minimum Gasteiger partial charge on any atom is -0.367 e. The fourth-order valence-corrected chi connectivity index (χ4v) is 2.78. The quantitative estimate of drug-likeness (QED) is 0.913. The first-order valence-corrected chi connectivity index (χ1v) is 6.84. The Labute approximate surface area is 114 Å². The molecule has 1 aliphatic heterocycles. The van der Waals surface area contributed by atoms with Crippen LogP contribution >= 0.6 is 0 Å². The first-order valence-electron chi connectivity index (χ1n) is 6.84. The number of para-hydroxylation sites is 1. The Morgan fingerprint density at radius 2 is 2.05 bits per heavy atom. The number of aryl methyl sites for hydroxylation is 1. The molecule has 19 heavy (non-hydrogen) atoms. The third-order valence-electron chi connectivity index (χ3n) is 3.75. The molecule has 0 bridgehead atoms. The van der Waals surface area contributed by atoms with Crippen molar-refractivity contribution in [3.05, 3.63) is 59.4 Å². The van der Waals surface area contributed by atoms with E-state index in [4.69, 9.17) is 5.73 Å². The Hall–Kier alpha value is -1.87. The van der Waals surface area contributed by atoms with Crippen LogP contribution in [0.15, 0.2) is 42.6 Å². The number of nitrogens with two attached hydrogens (primary N) is 1. The predicted molar refractivity (Wildman–Crippen MR) is 77.9 cm³/mol. The molecule has 3 heteroatoms. The van der Waals surface area contributed by atoms with Gasteiger partial charge in [-0.3, -0.25) is 4.98 Å². The summed E-state index contributed by atoms with van der Waals surface area (Å²) < 4.78 is 0. The molecule has 98 valence electrons. The van der Waals surface area contributed by atoms with Gasteiger partial charge < -0.3 is 10.6 Å². The number of nitrogens with zero attached hydrogens (tertiary/aromatic N) is 2. The highest BCUT2D eigenvalue weighted by Gasteiger charge is 2.17. The molecule has 0 fully saturated rings. The number of anilines is 1. The van der Waals surface area contributed by atoms with E-state index in [1.165, 1.54) is 29.7 Å². The third kappa shape index (κ3) is 2.47. The van der Waals surface area contributed by atoms with Crippen LogP contribution in [0.4, 0.5) is 5.69 Å². The van der Waals surface area contributed by atoms with Crippen LogP contribution in [0.2, 0.25) is 0 Å². The smallest absolute Gasteiger partial charge is 0.0589 e. The molecule has 0 saturated carbocycles. The van der Waals surface area contributed by atoms with Crippen molar-refractivity contribution in [3.8, 4) is 0 Å². The highest BCUT2D eigenvalue weighted by molar-refractivity contribution is 5.55. The van der Waals surface area contributed by atoms with Gasteiger partial charge in [0.25, 0.3) is 0 Å². The van der Waals surface area contributed by atoms with E-state index in [1.807, 2.05) is 12.3 Å². The molecule has 2 N–H and O–H groups in total. The monoisotopic (exact) mass is 253 g/mol. The number of benzene rings is 1. The third-order valence-corrected chi connectivity index (χ3v) is 3.75. The highest BCUT2D eigenvalue weighted by atomic mass is 15.1. The van der Waals surface area contributed by atoms with Gasteiger partial charge in [0.2, 0.25) is 0 Å². The SMILES string of the molecule is NCc1ncccc1CN1CCCc2ccccc21. The molecule has 1 aromatic carbocycles. The van der Waals surface area contributed by atoms with Gasteiger partial charge in [0, 0.05) is 31.5 Å². The Morgan fingerprint density at radius 1 is 1.16 bits per heavy atom. The van der Waals surface area contributed by atoms with Crippen molar-refractivity contribution in [1.29, 1.82) is 0 Å². The summed E-state index contributed by atoms with van der Waals surface area (Å²) in [6.45, 7) is 2.51. The normalized spacial score (nSPS) is 14.3. The molecule has 3 rings (SSSR count). The summed E-state index contributed by atoms with van der Waals surface area (Å²) in [7, 11) is 0. The van der Waals surface area contributed by atoms with Crippen LogP contribution < -0.4 is 10.6 Å². The lowest BCUT2D eigenvalue weighted by Gasteiger charge is -2.31. The van der Waals surface area contributed by atoms with E-state index >= 15 is 0 Å². The molecule has 0 spiro atoms. The Bertz CT molecular complexity index is 565. The van der Waals surface area contributed by atoms with E-state index < -0.39 is 0 Å². The maximum Gasteiger partial charge on any atom is 0.0589 e. The number of aromatic nitrogens is 1. The van der Waals surface area contributed by atoms with Crippen LogP contribution in [-0.2, 0) is 19.5 Å². The van der Waals surface area contributed by atoms with Gasteiger partial charge in [-0.15, -0.1) is 0 Å². The van der Waals surface area contributed by atoms with E-state index in [9.17, 15) is 0 Å². The summed E-state index contributed by atoms with van der Waals surface area (Å²) in [5.74, 6) is 0. The molecule has 0 unspecified atom stereocenters. The number of rotatable bonds is 3. The molecule has 0 aliphatic carbocycles. The van der Waals surface area contributed by atoms with Crippen LogP contribution in [-0.4, -0.2) is 11.5 Å². The minimum atomic E-state index is 0.506. The molecule has 1 aromatic heterocycles. The lowest BCUT2D eigenvalue weighted by Crippen LogP contribution is -2.29. The van der Waals surface area contributed by atoms with Crippen molar-refractivity contribution in [2.24, 2.45) is 5.73 Å². The van der Waals surface area contributed by atoms with Crippen LogP contribution in [0.5, 0.6) is 0 Å². The predicted octanol–water partition coefficient (Wildman–Crippen LogP) is 2.49. The van der Waals surface area contributed by atoms with Gasteiger partial charge in [-0.25, -0.2) is 0 Å². The second-order valence-electron chi connectivity index (χ2n) is 4.97. The van der Waals surface area contributed by atoms with Crippen molar-refractivity contribution in [2.45, 2.75) is 25.9 Å². The van der Waals surface area contributed by atoms with Crippen molar-refractivity contribution in [2.75, 3.05) is 11.4 Å². The second kappa shape index (κ2) is 5.41. The molecule has 2 aromatic rings. The fraction of sp³-hybridized carbons (Fsp3) is 0.312. The summed E-state index contributed by atoms with van der Waals surface area (Å²) in [4.78, 5) is 6.81. The topological polar surface area (TPSA) is 42.1 Å². The van der Waals surface area contributed by atoms with Crippen LogP contribution in [0.3, 0.4) is 0 Å². The lowest BCUT2D eigenvalue weighted by atomic mass is 10.0. The zero-order valence-corrected chi connectivity index (χ0v) is 11.0. The van der Waals surface area contributed by atoms with Crippen molar-refractivity contribution in [3.63, 3.8) is 0 Å². The van der Waals surface area contributed by atoms with Gasteiger partial charge in [-0.1, -0.05) is 24.3 Å². The summed E-state index contributed by atoms with van der Waals surface area (Å²) in [5.41, 5.74) is 10.8. The van der Waals surface area contributed by atoms with Crippen LogP contribution in [0.1, 0.15) is 23.2 Å². The van der Waals surface area contributed by atoms with Crippen molar-refractivity contribution < 1.29 is 0 Å². The van der Waals surface area contributed by atoms with E-state index in [-0.39, 0.29) is 0 Å². The number of hydrogen-bond donors (Lipinski definition) is 1. The maximum atomic E-state index is 5.77. The lowest BCUT2D eigenvalue weighted by molar-refractivity contribution is 0.686. The van der Waals surface area contributed by atoms with Gasteiger partial charge in [0.05, 0.1) is 5.69 Å². The molecule has 1 aliphatic rings. The van der Waals surface area contributed by atoms with Crippen LogP contribution in [0.25, 0.3) is 0 Å². The molecular weight excluding hydrogens is 234 g/mol. The Morgan fingerprint density at radius 3 is 2.95 bits per heavy atom. The first kappa shape index (κ1) is 12.2. The van der Waals surface area contributed by atoms with E-state index in [0.717, 1.165) is 18.8 Å². The molecule has 3 nitrogen and oxygen atoms in total. The maximum absolute atomic E-state index is 5.77. The second-order valence-corrected chi connectivity index (χ2v) is 4.97. The van der Waals surface area contributed by atoms with E-state index in [0.29, 0.717) is 6.54 Å². The van der Waals surface area contributed by atoms with Gasteiger partial charge in [0.15, 0.2) is 0 Å². The van der Waals surface area contributed by atoms with Crippen LogP contribution in [0, 0.1) is 0 Å². The summed E-state index contributed by atoms with van der Waals surface area (Å²) in [6.07, 6.45) is 4.22. The Balaban J connectivity index is 1.88. The van der Waals surface area contributed by atoms with Gasteiger partial charge in [0.1, 0.15) is 0 Å². The van der Waals surface area contributed by atoms with Gasteiger partial charge in [-0.05, 0) is 36.1 Å². The highest BCUT2D eigenvalue weighted by Crippen LogP contribution is 2.28.